The van der Waals surface area contributed by atoms with E-state index in [9.17, 15) is 13.2 Å². The molecular weight excluding hydrogens is 247 g/mol. The molecule has 98 valence electrons. The van der Waals surface area contributed by atoms with Crippen LogP contribution in [0.15, 0.2) is 24.3 Å². The lowest BCUT2D eigenvalue weighted by atomic mass is 10.0. The maximum absolute atomic E-state index is 13.0. The van der Waals surface area contributed by atoms with Crippen molar-refractivity contribution in [3.8, 4) is 6.07 Å². The van der Waals surface area contributed by atoms with E-state index in [0.717, 1.165) is 0 Å². The monoisotopic (exact) mass is 259 g/mol. The molecule has 0 fully saturated rings. The summed E-state index contributed by atoms with van der Waals surface area (Å²) in [5.74, 6) is 0. The van der Waals surface area contributed by atoms with E-state index in [1.54, 1.807) is 18.2 Å². The van der Waals surface area contributed by atoms with Gasteiger partial charge in [-0.25, -0.2) is 8.78 Å². The Morgan fingerprint density at radius 2 is 2.06 bits per heavy atom. The fourth-order valence-electron chi connectivity index (χ4n) is 1.54. The predicted molar refractivity (Wildman–Crippen MR) is 57.3 cm³/mol. The molecule has 6 heteroatoms. The minimum atomic E-state index is -4.00. The highest BCUT2D eigenvalue weighted by Gasteiger charge is 2.41. The number of alkyl halides is 3. The van der Waals surface area contributed by atoms with Crippen molar-refractivity contribution in [1.29, 1.82) is 5.26 Å². The summed E-state index contributed by atoms with van der Waals surface area (Å²) in [4.78, 5) is 0. The number of hydrogen-bond donors (Lipinski definition) is 1. The molecule has 1 rings (SSSR count). The van der Waals surface area contributed by atoms with Gasteiger partial charge < -0.3 is 9.84 Å². The van der Waals surface area contributed by atoms with E-state index >= 15 is 0 Å². The van der Waals surface area contributed by atoms with E-state index in [-0.39, 0.29) is 6.42 Å². The number of rotatable bonds is 5. The molecule has 0 amide bonds. The van der Waals surface area contributed by atoms with Gasteiger partial charge in [0.2, 0.25) is 0 Å². The largest absolute Gasteiger partial charge is 0.381 e. The number of aliphatic hydroxyl groups is 1. The van der Waals surface area contributed by atoms with Gasteiger partial charge in [-0.15, -0.1) is 0 Å². The molecule has 2 atom stereocenters. The van der Waals surface area contributed by atoms with Crippen molar-refractivity contribution in [2.75, 3.05) is 0 Å². The molecule has 0 radical (unpaired) electrons. The van der Waals surface area contributed by atoms with Gasteiger partial charge in [-0.3, -0.25) is 0 Å². The van der Waals surface area contributed by atoms with Gasteiger partial charge in [0.05, 0.1) is 18.6 Å². The van der Waals surface area contributed by atoms with Gasteiger partial charge in [0, 0.05) is 0 Å². The lowest BCUT2D eigenvalue weighted by molar-refractivity contribution is -0.359. The van der Waals surface area contributed by atoms with Crippen LogP contribution in [0, 0.1) is 11.3 Å². The smallest absolute Gasteiger partial charge is 0.335 e. The molecular formula is C12H12F3NO2. The van der Waals surface area contributed by atoms with Crippen molar-refractivity contribution in [2.24, 2.45) is 0 Å². The highest BCUT2D eigenvalue weighted by molar-refractivity contribution is 5.31. The zero-order chi connectivity index (χ0) is 13.8. The maximum atomic E-state index is 13.0. The average Bonchev–Trinajstić information content (AvgIpc) is 2.29. The van der Waals surface area contributed by atoms with Crippen LogP contribution in [-0.4, -0.2) is 17.6 Å². The van der Waals surface area contributed by atoms with Gasteiger partial charge in [0.25, 0.3) is 0 Å². The second-order valence-electron chi connectivity index (χ2n) is 3.70. The topological polar surface area (TPSA) is 53.2 Å². The third-order valence-electron chi connectivity index (χ3n) is 2.37. The van der Waals surface area contributed by atoms with E-state index in [2.05, 4.69) is 4.74 Å². The van der Waals surface area contributed by atoms with Crippen LogP contribution < -0.4 is 0 Å². The maximum Gasteiger partial charge on any atom is 0.381 e. The van der Waals surface area contributed by atoms with Crippen molar-refractivity contribution in [3.05, 3.63) is 35.4 Å². The summed E-state index contributed by atoms with van der Waals surface area (Å²) in [6.45, 7) is 1.32. The molecule has 0 aliphatic carbocycles. The Bertz CT molecular complexity index is 443. The van der Waals surface area contributed by atoms with E-state index in [0.29, 0.717) is 11.1 Å². The molecule has 0 spiro atoms. The zero-order valence-electron chi connectivity index (χ0n) is 9.61. The Morgan fingerprint density at radius 3 is 2.61 bits per heavy atom. The van der Waals surface area contributed by atoms with Crippen molar-refractivity contribution < 1.29 is 23.0 Å². The van der Waals surface area contributed by atoms with Crippen LogP contribution in [0.4, 0.5) is 13.2 Å². The van der Waals surface area contributed by atoms with E-state index in [1.165, 1.54) is 13.0 Å². The number of nitriles is 1. The Hall–Kier alpha value is -1.58. The van der Waals surface area contributed by atoms with E-state index in [1.807, 2.05) is 6.07 Å². The lowest BCUT2D eigenvalue weighted by Crippen LogP contribution is -2.36. The second-order valence-corrected chi connectivity index (χ2v) is 3.70. The first-order valence-electron chi connectivity index (χ1n) is 5.20. The second kappa shape index (κ2) is 5.85. The number of hydrogen-bond acceptors (Lipinski definition) is 3. The third-order valence-corrected chi connectivity index (χ3v) is 2.37. The Kier molecular flexibility index (Phi) is 4.70. The van der Waals surface area contributed by atoms with Gasteiger partial charge in [0.1, 0.15) is 0 Å². The Morgan fingerprint density at radius 1 is 1.44 bits per heavy atom. The summed E-state index contributed by atoms with van der Waals surface area (Å²) in [5, 5.41) is 17.4. The fraction of sp³-hybridized carbons (Fsp3) is 0.417. The number of nitrogens with zero attached hydrogens (tertiary/aromatic N) is 1. The Labute approximate surface area is 102 Å². The number of halogens is 3. The van der Waals surface area contributed by atoms with Gasteiger partial charge >= 0.3 is 12.5 Å². The first-order chi connectivity index (χ1) is 8.38. The predicted octanol–water partition coefficient (Wildman–Crippen LogP) is 2.71. The summed E-state index contributed by atoms with van der Waals surface area (Å²) in [6.07, 6.45) is -4.72. The molecule has 3 nitrogen and oxygen atoms in total. The summed E-state index contributed by atoms with van der Waals surface area (Å²) in [5.41, 5.74) is 0.924. The normalized spacial score (nSPS) is 16.1. The molecule has 0 heterocycles. The van der Waals surface area contributed by atoms with Gasteiger partial charge in [-0.2, -0.15) is 9.65 Å². The molecule has 2 unspecified atom stereocenters. The van der Waals surface area contributed by atoms with Crippen LogP contribution >= 0.6 is 0 Å². The quantitative estimate of drug-likeness (QED) is 0.827. The van der Waals surface area contributed by atoms with Crippen LogP contribution in [0.3, 0.4) is 0 Å². The SMILES string of the molecule is CC(OC(O)(F)C(F)F)c1ccccc1CC#N. The summed E-state index contributed by atoms with van der Waals surface area (Å²) in [6, 6.07) is 4.31. The van der Waals surface area contributed by atoms with Crippen molar-refractivity contribution in [2.45, 2.75) is 31.9 Å². The highest BCUT2D eigenvalue weighted by atomic mass is 19.3. The zero-order valence-corrected chi connectivity index (χ0v) is 9.61. The number of benzene rings is 1. The molecule has 1 N–H and O–H groups in total. The van der Waals surface area contributed by atoms with Crippen molar-refractivity contribution in [1.82, 2.24) is 0 Å². The van der Waals surface area contributed by atoms with Gasteiger partial charge in [0.15, 0.2) is 0 Å². The Balaban J connectivity index is 2.91. The van der Waals surface area contributed by atoms with E-state index in [4.69, 9.17) is 10.4 Å². The first-order valence-corrected chi connectivity index (χ1v) is 5.20. The summed E-state index contributed by atoms with van der Waals surface area (Å²) < 4.78 is 41.6. The average molecular weight is 259 g/mol. The van der Waals surface area contributed by atoms with Crippen molar-refractivity contribution >= 4 is 0 Å². The van der Waals surface area contributed by atoms with Gasteiger partial charge in [-0.05, 0) is 18.1 Å². The number of ether oxygens (including phenoxy) is 1. The fourth-order valence-corrected chi connectivity index (χ4v) is 1.54. The summed E-state index contributed by atoms with van der Waals surface area (Å²) >= 11 is 0. The van der Waals surface area contributed by atoms with E-state index < -0.39 is 18.6 Å². The summed E-state index contributed by atoms with van der Waals surface area (Å²) in [7, 11) is 0. The standard InChI is InChI=1S/C12H12F3NO2/c1-8(18-12(15,17)11(13)14)10-5-3-2-4-9(10)6-7-16/h2-5,8,11,17H,6H2,1H3. The molecule has 0 bridgehead atoms. The molecule has 0 aromatic heterocycles. The molecule has 0 aliphatic rings. The van der Waals surface area contributed by atoms with Crippen LogP contribution in [-0.2, 0) is 11.2 Å². The van der Waals surface area contributed by atoms with Crippen LogP contribution in [0.25, 0.3) is 0 Å². The molecule has 1 aromatic rings. The molecule has 0 saturated carbocycles. The molecule has 18 heavy (non-hydrogen) atoms. The highest BCUT2D eigenvalue weighted by Crippen LogP contribution is 2.29. The molecule has 1 aromatic carbocycles. The minimum Gasteiger partial charge on any atom is -0.335 e. The van der Waals surface area contributed by atoms with Crippen molar-refractivity contribution in [3.63, 3.8) is 0 Å². The molecule has 0 saturated heterocycles. The lowest BCUT2D eigenvalue weighted by Gasteiger charge is -2.24. The van der Waals surface area contributed by atoms with Crippen LogP contribution in [0.5, 0.6) is 0 Å². The third kappa shape index (κ3) is 3.45. The van der Waals surface area contributed by atoms with Crippen LogP contribution in [0.2, 0.25) is 0 Å². The first kappa shape index (κ1) is 14.5. The van der Waals surface area contributed by atoms with Crippen LogP contribution in [0.1, 0.15) is 24.2 Å². The molecule has 0 aliphatic heterocycles. The van der Waals surface area contributed by atoms with Gasteiger partial charge in [-0.1, -0.05) is 24.3 Å². The minimum absolute atomic E-state index is 0.0449.